The molecule has 10 nitrogen and oxygen atoms in total. The number of hydrogen-bond acceptors (Lipinski definition) is 9. The second kappa shape index (κ2) is 12.8. The fourth-order valence-corrected chi connectivity index (χ4v) is 5.00. The summed E-state index contributed by atoms with van der Waals surface area (Å²) in [6, 6.07) is 19.0. The van der Waals surface area contributed by atoms with Crippen LogP contribution >= 0.6 is 0 Å². The van der Waals surface area contributed by atoms with Crippen LogP contribution in [0.5, 0.6) is 11.6 Å². The highest BCUT2D eigenvalue weighted by Gasteiger charge is 2.23. The molecule has 0 amide bonds. The molecule has 0 saturated heterocycles. The minimum atomic E-state index is -3.99. The molecule has 0 atom stereocenters. The molecule has 2 aromatic heterocycles. The fraction of sp³-hybridized carbons (Fsp3) is 0.267. The van der Waals surface area contributed by atoms with Gasteiger partial charge >= 0.3 is 5.97 Å². The van der Waals surface area contributed by atoms with E-state index in [-0.39, 0.29) is 47.3 Å². The van der Waals surface area contributed by atoms with Crippen molar-refractivity contribution in [3.8, 4) is 11.6 Å². The van der Waals surface area contributed by atoms with Crippen molar-refractivity contribution in [2.75, 3.05) is 25.0 Å². The van der Waals surface area contributed by atoms with Crippen LogP contribution in [0.15, 0.2) is 84.1 Å². The average Bonchev–Trinajstić information content (AvgIpc) is 2.96. The molecule has 4 aromatic rings. The highest BCUT2D eigenvalue weighted by molar-refractivity contribution is 7.92. The number of carbonyl (C=O) groups excluding carboxylic acids is 1. The number of para-hydroxylation sites is 1. The number of rotatable bonds is 11. The van der Waals surface area contributed by atoms with E-state index < -0.39 is 16.0 Å². The van der Waals surface area contributed by atoms with E-state index in [9.17, 15) is 13.2 Å². The molecule has 41 heavy (non-hydrogen) atoms. The minimum absolute atomic E-state index is 0.0328. The number of methoxy groups -OCH3 is 1. The lowest BCUT2D eigenvalue weighted by Crippen LogP contribution is -2.18. The number of hydrogen-bond donors (Lipinski definition) is 1. The third kappa shape index (κ3) is 7.57. The lowest BCUT2D eigenvalue weighted by atomic mass is 9.87. The highest BCUT2D eigenvalue weighted by Crippen LogP contribution is 2.31. The molecule has 0 aliphatic rings. The maximum absolute atomic E-state index is 13.4. The van der Waals surface area contributed by atoms with Gasteiger partial charge in [-0.25, -0.2) is 28.2 Å². The SMILES string of the molecule is COc1ccccc1Cc1c(NS(=O)(=O)c2ccc(C(C)(C)C)cc2)ncnc1OCCOC(=O)c1ccccn1. The number of pyridine rings is 1. The second-order valence-electron chi connectivity index (χ2n) is 10.1. The smallest absolute Gasteiger partial charge is 0.357 e. The Hall–Kier alpha value is -4.51. The first-order chi connectivity index (χ1) is 19.6. The molecule has 4 rings (SSSR count). The third-order valence-electron chi connectivity index (χ3n) is 6.16. The van der Waals surface area contributed by atoms with Gasteiger partial charge in [0.05, 0.1) is 17.6 Å². The maximum atomic E-state index is 13.4. The van der Waals surface area contributed by atoms with Crippen LogP contribution in [0.25, 0.3) is 0 Å². The van der Waals surface area contributed by atoms with E-state index in [0.29, 0.717) is 11.3 Å². The zero-order valence-corrected chi connectivity index (χ0v) is 24.1. The number of anilines is 1. The summed E-state index contributed by atoms with van der Waals surface area (Å²) in [7, 11) is -2.44. The van der Waals surface area contributed by atoms with Gasteiger partial charge < -0.3 is 14.2 Å². The van der Waals surface area contributed by atoms with Crippen molar-refractivity contribution in [3.05, 3.63) is 102 Å². The van der Waals surface area contributed by atoms with Gasteiger partial charge in [0.2, 0.25) is 5.88 Å². The first kappa shape index (κ1) is 29.5. The Bertz CT molecular complexity index is 1590. The topological polar surface area (TPSA) is 130 Å². The van der Waals surface area contributed by atoms with Crippen LogP contribution in [-0.2, 0) is 26.6 Å². The van der Waals surface area contributed by atoms with E-state index in [0.717, 1.165) is 11.1 Å². The van der Waals surface area contributed by atoms with Crippen molar-refractivity contribution in [1.82, 2.24) is 15.0 Å². The highest BCUT2D eigenvalue weighted by atomic mass is 32.2. The fourth-order valence-electron chi connectivity index (χ4n) is 3.96. The number of ether oxygens (including phenoxy) is 3. The van der Waals surface area contributed by atoms with Gasteiger partial charge in [-0.15, -0.1) is 0 Å². The lowest BCUT2D eigenvalue weighted by molar-refractivity contribution is 0.0440. The van der Waals surface area contributed by atoms with Gasteiger partial charge in [-0.3, -0.25) is 4.72 Å². The van der Waals surface area contributed by atoms with Crippen LogP contribution in [0.3, 0.4) is 0 Å². The number of aromatic nitrogens is 3. The molecule has 0 fully saturated rings. The number of sulfonamides is 1. The van der Waals surface area contributed by atoms with Crippen LogP contribution in [0.1, 0.15) is 48.0 Å². The molecule has 0 saturated carbocycles. The monoisotopic (exact) mass is 576 g/mol. The average molecular weight is 577 g/mol. The molecule has 0 aliphatic carbocycles. The largest absolute Gasteiger partial charge is 0.496 e. The molecular formula is C30H32N4O6S. The number of carbonyl (C=O) groups is 1. The van der Waals surface area contributed by atoms with Crippen LogP contribution in [0.4, 0.5) is 5.82 Å². The van der Waals surface area contributed by atoms with Crippen molar-refractivity contribution in [2.24, 2.45) is 0 Å². The Kier molecular flexibility index (Phi) is 9.18. The molecule has 0 radical (unpaired) electrons. The molecular weight excluding hydrogens is 544 g/mol. The summed E-state index contributed by atoms with van der Waals surface area (Å²) in [5, 5.41) is 0. The molecule has 214 valence electrons. The molecule has 0 unspecified atom stereocenters. The predicted molar refractivity (Wildman–Crippen MR) is 154 cm³/mol. The van der Waals surface area contributed by atoms with Crippen molar-refractivity contribution >= 4 is 21.8 Å². The summed E-state index contributed by atoms with van der Waals surface area (Å²) in [4.78, 5) is 24.7. The van der Waals surface area contributed by atoms with E-state index in [4.69, 9.17) is 14.2 Å². The molecule has 1 N–H and O–H groups in total. The van der Waals surface area contributed by atoms with E-state index in [2.05, 4.69) is 40.4 Å². The second-order valence-corrected chi connectivity index (χ2v) is 11.8. The first-order valence-corrected chi connectivity index (χ1v) is 14.4. The van der Waals surface area contributed by atoms with E-state index >= 15 is 0 Å². The van der Waals surface area contributed by atoms with Gasteiger partial charge in [0.1, 0.15) is 31.0 Å². The summed E-state index contributed by atoms with van der Waals surface area (Å²) < 4.78 is 45.9. The first-order valence-electron chi connectivity index (χ1n) is 12.9. The Morgan fingerprint density at radius 2 is 1.63 bits per heavy atom. The minimum Gasteiger partial charge on any atom is -0.496 e. The van der Waals surface area contributed by atoms with Gasteiger partial charge in [-0.1, -0.05) is 57.2 Å². The van der Waals surface area contributed by atoms with Crippen molar-refractivity contribution in [1.29, 1.82) is 0 Å². The molecule has 11 heteroatoms. The number of nitrogens with one attached hydrogen (secondary N) is 1. The van der Waals surface area contributed by atoms with Gasteiger partial charge in [0.15, 0.2) is 5.82 Å². The van der Waals surface area contributed by atoms with Gasteiger partial charge in [-0.05, 0) is 46.9 Å². The standard InChI is InChI=1S/C30H32N4O6S/c1-30(2,3)22-12-14-23(15-13-22)41(36,37)34-27-24(19-21-9-5-6-11-26(21)38-4)28(33-20-32-27)39-17-18-40-29(35)25-10-7-8-16-31-25/h5-16,20H,17-19H2,1-4H3,(H,32,33,34). The predicted octanol–water partition coefficient (Wildman–Crippen LogP) is 4.81. The van der Waals surface area contributed by atoms with E-state index in [1.165, 1.54) is 12.5 Å². The van der Waals surface area contributed by atoms with Gasteiger partial charge in [0, 0.05) is 12.6 Å². The number of benzene rings is 2. The van der Waals surface area contributed by atoms with Crippen LogP contribution in [0, 0.1) is 0 Å². The summed E-state index contributed by atoms with van der Waals surface area (Å²) in [6.45, 7) is 6.06. The molecule has 2 aromatic carbocycles. The van der Waals surface area contributed by atoms with Gasteiger partial charge in [-0.2, -0.15) is 0 Å². The Morgan fingerprint density at radius 3 is 2.32 bits per heavy atom. The summed E-state index contributed by atoms with van der Waals surface area (Å²) in [5.74, 6) is 0.224. The van der Waals surface area contributed by atoms with E-state index in [1.807, 2.05) is 18.2 Å². The van der Waals surface area contributed by atoms with Gasteiger partial charge in [0.25, 0.3) is 10.0 Å². The molecule has 0 spiro atoms. The van der Waals surface area contributed by atoms with Crippen LogP contribution in [-0.4, -0.2) is 49.7 Å². The van der Waals surface area contributed by atoms with Crippen molar-refractivity contribution in [3.63, 3.8) is 0 Å². The summed E-state index contributed by atoms with van der Waals surface area (Å²) in [5.41, 5.74) is 2.23. The lowest BCUT2D eigenvalue weighted by Gasteiger charge is -2.19. The maximum Gasteiger partial charge on any atom is 0.357 e. The van der Waals surface area contributed by atoms with Crippen LogP contribution in [0.2, 0.25) is 0 Å². The Morgan fingerprint density at radius 1 is 0.902 bits per heavy atom. The number of esters is 1. The number of nitrogens with zero attached hydrogens (tertiary/aromatic N) is 3. The van der Waals surface area contributed by atoms with Crippen molar-refractivity contribution < 1.29 is 27.4 Å². The Labute approximate surface area is 239 Å². The summed E-state index contributed by atoms with van der Waals surface area (Å²) in [6.07, 6.45) is 2.91. The third-order valence-corrected chi connectivity index (χ3v) is 7.51. The normalized spacial score (nSPS) is 11.5. The summed E-state index contributed by atoms with van der Waals surface area (Å²) >= 11 is 0. The van der Waals surface area contributed by atoms with Crippen LogP contribution < -0.4 is 14.2 Å². The van der Waals surface area contributed by atoms with Crippen molar-refractivity contribution in [2.45, 2.75) is 37.5 Å². The Balaban J connectivity index is 1.59. The molecule has 0 aliphatic heterocycles. The molecule has 0 bridgehead atoms. The zero-order chi connectivity index (χ0) is 29.5. The zero-order valence-electron chi connectivity index (χ0n) is 23.3. The van der Waals surface area contributed by atoms with E-state index in [1.54, 1.807) is 55.6 Å². The quantitative estimate of drug-likeness (QED) is 0.198. The molecule has 2 heterocycles.